The van der Waals surface area contributed by atoms with Crippen LogP contribution in [0.25, 0.3) is 10.9 Å². The molecule has 0 bridgehead atoms. The van der Waals surface area contributed by atoms with E-state index in [9.17, 15) is 9.59 Å². The SMILES string of the molecule is Cc1nc2ccccc2c(C(=O)O)c1C=O. The summed E-state index contributed by atoms with van der Waals surface area (Å²) in [5.41, 5.74) is 1.19. The molecule has 4 nitrogen and oxygen atoms in total. The van der Waals surface area contributed by atoms with Crippen LogP contribution in [0.1, 0.15) is 26.4 Å². The van der Waals surface area contributed by atoms with E-state index < -0.39 is 5.97 Å². The number of rotatable bonds is 2. The van der Waals surface area contributed by atoms with Gasteiger partial charge < -0.3 is 5.11 Å². The Morgan fingerprint density at radius 3 is 2.69 bits per heavy atom. The van der Waals surface area contributed by atoms with Crippen molar-refractivity contribution >= 4 is 23.2 Å². The molecule has 0 aliphatic heterocycles. The van der Waals surface area contributed by atoms with Crippen molar-refractivity contribution < 1.29 is 14.7 Å². The van der Waals surface area contributed by atoms with E-state index in [0.29, 0.717) is 22.9 Å². The number of carboxylic acids is 1. The highest BCUT2D eigenvalue weighted by atomic mass is 16.4. The summed E-state index contributed by atoms with van der Waals surface area (Å²) in [5.74, 6) is -1.11. The van der Waals surface area contributed by atoms with Crippen LogP contribution in [0.5, 0.6) is 0 Å². The molecule has 0 spiro atoms. The van der Waals surface area contributed by atoms with Crippen LogP contribution in [-0.4, -0.2) is 22.3 Å². The van der Waals surface area contributed by atoms with Gasteiger partial charge in [-0.3, -0.25) is 9.78 Å². The number of hydrogen-bond donors (Lipinski definition) is 1. The molecule has 4 heteroatoms. The average Bonchev–Trinajstić information content (AvgIpc) is 2.26. The fraction of sp³-hybridized carbons (Fsp3) is 0.0833. The number of aldehydes is 1. The van der Waals surface area contributed by atoms with Crippen LogP contribution in [0.4, 0.5) is 0 Å². The standard InChI is InChI=1S/C12H9NO3/c1-7-9(6-14)11(12(15)16)8-4-2-3-5-10(8)13-7/h2-6H,1H3,(H,15,16). The first-order chi connectivity index (χ1) is 7.65. The monoisotopic (exact) mass is 215 g/mol. The first-order valence-corrected chi connectivity index (χ1v) is 4.73. The number of aryl methyl sites for hydroxylation is 1. The third-order valence-corrected chi connectivity index (χ3v) is 2.45. The fourth-order valence-corrected chi connectivity index (χ4v) is 1.72. The molecule has 0 saturated heterocycles. The van der Waals surface area contributed by atoms with E-state index >= 15 is 0 Å². The van der Waals surface area contributed by atoms with Crippen LogP contribution in [-0.2, 0) is 0 Å². The summed E-state index contributed by atoms with van der Waals surface area (Å²) < 4.78 is 0. The van der Waals surface area contributed by atoms with E-state index in [2.05, 4.69) is 4.98 Å². The second-order valence-electron chi connectivity index (χ2n) is 3.43. The minimum Gasteiger partial charge on any atom is -0.478 e. The Morgan fingerprint density at radius 2 is 2.06 bits per heavy atom. The van der Waals surface area contributed by atoms with Crippen LogP contribution in [0.15, 0.2) is 24.3 Å². The summed E-state index contributed by atoms with van der Waals surface area (Å²) in [6.45, 7) is 1.63. The topological polar surface area (TPSA) is 67.3 Å². The molecule has 1 N–H and O–H groups in total. The molecule has 2 rings (SSSR count). The van der Waals surface area contributed by atoms with Crippen molar-refractivity contribution in [2.75, 3.05) is 0 Å². The van der Waals surface area contributed by atoms with Crippen LogP contribution < -0.4 is 0 Å². The van der Waals surface area contributed by atoms with Gasteiger partial charge in [-0.25, -0.2) is 4.79 Å². The number of nitrogens with zero attached hydrogens (tertiary/aromatic N) is 1. The van der Waals surface area contributed by atoms with Crippen LogP contribution in [0.3, 0.4) is 0 Å². The number of hydrogen-bond acceptors (Lipinski definition) is 3. The maximum Gasteiger partial charge on any atom is 0.337 e. The first kappa shape index (κ1) is 10.3. The molecule has 16 heavy (non-hydrogen) atoms. The number of carbonyl (C=O) groups is 2. The zero-order chi connectivity index (χ0) is 11.7. The molecular weight excluding hydrogens is 206 g/mol. The van der Waals surface area contributed by atoms with E-state index in [1.807, 2.05) is 0 Å². The van der Waals surface area contributed by atoms with Gasteiger partial charge in [-0.15, -0.1) is 0 Å². The van der Waals surface area contributed by atoms with Gasteiger partial charge in [-0.1, -0.05) is 18.2 Å². The summed E-state index contributed by atoms with van der Waals surface area (Å²) in [4.78, 5) is 26.2. The van der Waals surface area contributed by atoms with E-state index in [1.165, 1.54) is 0 Å². The number of para-hydroxylation sites is 1. The molecule has 0 saturated carbocycles. The van der Waals surface area contributed by atoms with Gasteiger partial charge in [0.1, 0.15) is 0 Å². The third-order valence-electron chi connectivity index (χ3n) is 2.45. The largest absolute Gasteiger partial charge is 0.478 e. The zero-order valence-electron chi connectivity index (χ0n) is 8.60. The molecule has 0 fully saturated rings. The third kappa shape index (κ3) is 1.44. The molecule has 0 aliphatic carbocycles. The maximum absolute atomic E-state index is 11.2. The van der Waals surface area contributed by atoms with Gasteiger partial charge in [-0.05, 0) is 13.0 Å². The molecule has 0 atom stereocenters. The highest BCUT2D eigenvalue weighted by Crippen LogP contribution is 2.22. The van der Waals surface area contributed by atoms with Gasteiger partial charge in [0.2, 0.25) is 0 Å². The highest BCUT2D eigenvalue weighted by molar-refractivity contribution is 6.08. The van der Waals surface area contributed by atoms with E-state index in [0.717, 1.165) is 0 Å². The Kier molecular flexibility index (Phi) is 2.40. The predicted molar refractivity (Wildman–Crippen MR) is 58.8 cm³/mol. The number of fused-ring (bicyclic) bond motifs is 1. The fourth-order valence-electron chi connectivity index (χ4n) is 1.72. The van der Waals surface area contributed by atoms with Gasteiger partial charge in [0, 0.05) is 11.1 Å². The number of aromatic nitrogens is 1. The Morgan fingerprint density at radius 1 is 1.38 bits per heavy atom. The lowest BCUT2D eigenvalue weighted by Crippen LogP contribution is -2.06. The first-order valence-electron chi connectivity index (χ1n) is 4.73. The molecule has 0 amide bonds. The second kappa shape index (κ2) is 3.73. The van der Waals surface area contributed by atoms with Crippen molar-refractivity contribution in [1.29, 1.82) is 0 Å². The Balaban J connectivity index is 2.98. The second-order valence-corrected chi connectivity index (χ2v) is 3.43. The molecule has 2 aromatic rings. The lowest BCUT2D eigenvalue weighted by Gasteiger charge is -2.07. The predicted octanol–water partition coefficient (Wildman–Crippen LogP) is 2.05. The summed E-state index contributed by atoms with van der Waals surface area (Å²) in [6, 6.07) is 6.88. The molecule has 0 radical (unpaired) electrons. The van der Waals surface area contributed by atoms with E-state index in [-0.39, 0.29) is 11.1 Å². The van der Waals surface area contributed by atoms with Crippen molar-refractivity contribution in [3.05, 3.63) is 41.1 Å². The van der Waals surface area contributed by atoms with Crippen LogP contribution in [0, 0.1) is 6.92 Å². The molecule has 0 aliphatic rings. The van der Waals surface area contributed by atoms with Crippen LogP contribution in [0.2, 0.25) is 0 Å². The van der Waals surface area contributed by atoms with Gasteiger partial charge >= 0.3 is 5.97 Å². The van der Waals surface area contributed by atoms with Crippen molar-refractivity contribution in [2.24, 2.45) is 0 Å². The van der Waals surface area contributed by atoms with E-state index in [4.69, 9.17) is 5.11 Å². The normalized spacial score (nSPS) is 10.3. The minimum absolute atomic E-state index is 0.0260. The number of benzene rings is 1. The Hall–Kier alpha value is -2.23. The molecule has 1 aromatic heterocycles. The number of pyridine rings is 1. The van der Waals surface area contributed by atoms with Crippen molar-refractivity contribution in [3.63, 3.8) is 0 Å². The highest BCUT2D eigenvalue weighted by Gasteiger charge is 2.17. The van der Waals surface area contributed by atoms with Crippen molar-refractivity contribution in [2.45, 2.75) is 6.92 Å². The van der Waals surface area contributed by atoms with Gasteiger partial charge in [0.05, 0.1) is 16.6 Å². The summed E-state index contributed by atoms with van der Waals surface area (Å²) in [5, 5.41) is 9.62. The van der Waals surface area contributed by atoms with Gasteiger partial charge in [-0.2, -0.15) is 0 Å². The van der Waals surface area contributed by atoms with Gasteiger partial charge in [0.15, 0.2) is 6.29 Å². The maximum atomic E-state index is 11.2. The summed E-state index contributed by atoms with van der Waals surface area (Å²) >= 11 is 0. The Bertz CT molecular complexity index is 590. The summed E-state index contributed by atoms with van der Waals surface area (Å²) in [6.07, 6.45) is 0.540. The smallest absolute Gasteiger partial charge is 0.337 e. The van der Waals surface area contributed by atoms with E-state index in [1.54, 1.807) is 31.2 Å². The van der Waals surface area contributed by atoms with Crippen LogP contribution >= 0.6 is 0 Å². The van der Waals surface area contributed by atoms with Crippen molar-refractivity contribution in [3.8, 4) is 0 Å². The van der Waals surface area contributed by atoms with Crippen molar-refractivity contribution in [1.82, 2.24) is 4.98 Å². The minimum atomic E-state index is -1.11. The summed E-state index contributed by atoms with van der Waals surface area (Å²) in [7, 11) is 0. The molecular formula is C12H9NO3. The number of carboxylic acid groups (broad SMARTS) is 1. The molecule has 1 heterocycles. The van der Waals surface area contributed by atoms with Gasteiger partial charge in [0.25, 0.3) is 0 Å². The Labute approximate surface area is 91.5 Å². The molecule has 80 valence electrons. The molecule has 0 unspecified atom stereocenters. The lowest BCUT2D eigenvalue weighted by atomic mass is 10.0. The number of carbonyl (C=O) groups excluding carboxylic acids is 1. The molecule has 1 aromatic carbocycles. The number of aromatic carboxylic acids is 1. The average molecular weight is 215 g/mol. The zero-order valence-corrected chi connectivity index (χ0v) is 8.60. The lowest BCUT2D eigenvalue weighted by molar-refractivity contribution is 0.0696. The quantitative estimate of drug-likeness (QED) is 0.778.